The maximum absolute atomic E-state index is 11.5. The van der Waals surface area contributed by atoms with Gasteiger partial charge in [0.2, 0.25) is 10.0 Å². The summed E-state index contributed by atoms with van der Waals surface area (Å²) < 4.78 is 25.5. The fourth-order valence-corrected chi connectivity index (χ4v) is 2.58. The van der Waals surface area contributed by atoms with E-state index in [1.807, 2.05) is 0 Å². The van der Waals surface area contributed by atoms with E-state index in [4.69, 9.17) is 0 Å². The summed E-state index contributed by atoms with van der Waals surface area (Å²) in [5.74, 6) is 0.761. The molecule has 0 atom stereocenters. The summed E-state index contributed by atoms with van der Waals surface area (Å²) in [7, 11) is -3.18. The molecule has 1 heterocycles. The molecule has 8 heteroatoms. The summed E-state index contributed by atoms with van der Waals surface area (Å²) in [4.78, 5) is 4.19. The van der Waals surface area contributed by atoms with Crippen LogP contribution in [0.15, 0.2) is 4.99 Å². The Morgan fingerprint density at radius 3 is 2.71 bits per heavy atom. The van der Waals surface area contributed by atoms with Crippen molar-refractivity contribution in [2.24, 2.45) is 4.99 Å². The summed E-state index contributed by atoms with van der Waals surface area (Å²) in [5.41, 5.74) is 0. The van der Waals surface area contributed by atoms with Gasteiger partial charge in [-0.1, -0.05) is 0 Å². The molecule has 0 fully saturated rings. The van der Waals surface area contributed by atoms with Crippen LogP contribution in [0, 0.1) is 0 Å². The molecule has 0 saturated carbocycles. The third-order valence-electron chi connectivity index (χ3n) is 1.98. The molecule has 1 aliphatic rings. The quantitative estimate of drug-likeness (QED) is 0.584. The fourth-order valence-electron chi connectivity index (χ4n) is 1.37. The minimum absolute atomic E-state index is 0. The van der Waals surface area contributed by atoms with Gasteiger partial charge in [0.25, 0.3) is 0 Å². The van der Waals surface area contributed by atoms with Gasteiger partial charge >= 0.3 is 0 Å². The second-order valence-corrected chi connectivity index (χ2v) is 5.90. The average Bonchev–Trinajstić information content (AvgIpc) is 2.16. The van der Waals surface area contributed by atoms with Crippen LogP contribution in [-0.4, -0.2) is 45.8 Å². The number of hydrogen-bond donors (Lipinski definition) is 3. The van der Waals surface area contributed by atoms with Gasteiger partial charge in [-0.3, -0.25) is 4.99 Å². The van der Waals surface area contributed by atoms with Crippen molar-refractivity contribution in [1.29, 1.82) is 0 Å². The van der Waals surface area contributed by atoms with E-state index in [0.29, 0.717) is 12.5 Å². The van der Waals surface area contributed by atoms with Crippen molar-refractivity contribution >= 4 is 40.0 Å². The molecule has 0 spiro atoms. The van der Waals surface area contributed by atoms with Crippen LogP contribution in [0.2, 0.25) is 0 Å². The Morgan fingerprint density at radius 1 is 1.47 bits per heavy atom. The molecule has 0 unspecified atom stereocenters. The maximum Gasteiger partial charge on any atom is 0.213 e. The molecule has 0 aromatic heterocycles. The number of halogens is 1. The van der Waals surface area contributed by atoms with Gasteiger partial charge in [0, 0.05) is 25.7 Å². The average molecular weight is 376 g/mol. The van der Waals surface area contributed by atoms with E-state index in [2.05, 4.69) is 20.3 Å². The van der Waals surface area contributed by atoms with E-state index in [0.717, 1.165) is 19.5 Å². The summed E-state index contributed by atoms with van der Waals surface area (Å²) >= 11 is 0. The van der Waals surface area contributed by atoms with Crippen LogP contribution >= 0.6 is 24.0 Å². The number of aliphatic imine (C=N–C) groups is 1. The summed E-state index contributed by atoms with van der Waals surface area (Å²) in [5, 5.41) is 6.04. The Bertz CT molecular complexity index is 343. The lowest BCUT2D eigenvalue weighted by atomic mass is 10.4. The Hall–Kier alpha value is -0.0900. The van der Waals surface area contributed by atoms with Gasteiger partial charge in [0.1, 0.15) is 0 Å². The molecule has 0 aliphatic carbocycles. The topological polar surface area (TPSA) is 82.6 Å². The van der Waals surface area contributed by atoms with Gasteiger partial charge in [0.05, 0.1) is 5.75 Å². The fraction of sp³-hybridized carbons (Fsp3) is 0.889. The highest BCUT2D eigenvalue weighted by atomic mass is 127. The third-order valence-corrected chi connectivity index (χ3v) is 3.55. The molecular weight excluding hydrogens is 355 g/mol. The summed E-state index contributed by atoms with van der Waals surface area (Å²) in [6.45, 7) is 5.67. The van der Waals surface area contributed by atoms with Gasteiger partial charge in [-0.15, -0.1) is 24.0 Å². The second-order valence-electron chi connectivity index (χ2n) is 4.03. The Kier molecular flexibility index (Phi) is 8.05. The standard InChI is InChI=1S/C9H20N4O2S.HI/c1-8(2)13-16(14,15)7-6-12-9-10-4-3-5-11-9;/h8,13H,3-7H2,1-2H3,(H2,10,11,12);1H. The maximum atomic E-state index is 11.5. The molecule has 102 valence electrons. The number of hydrogen-bond acceptors (Lipinski definition) is 5. The number of rotatable bonds is 5. The number of nitrogens with one attached hydrogen (secondary N) is 3. The van der Waals surface area contributed by atoms with Gasteiger partial charge in [0.15, 0.2) is 5.96 Å². The van der Waals surface area contributed by atoms with Crippen molar-refractivity contribution in [3.8, 4) is 0 Å². The first-order valence-corrected chi connectivity index (χ1v) is 7.17. The van der Waals surface area contributed by atoms with Crippen LogP contribution in [0.25, 0.3) is 0 Å². The highest BCUT2D eigenvalue weighted by Crippen LogP contribution is 1.89. The van der Waals surface area contributed by atoms with E-state index >= 15 is 0 Å². The molecule has 1 aliphatic heterocycles. The van der Waals surface area contributed by atoms with E-state index < -0.39 is 10.0 Å². The Morgan fingerprint density at radius 2 is 2.18 bits per heavy atom. The minimum atomic E-state index is -3.18. The van der Waals surface area contributed by atoms with Crippen LogP contribution in [-0.2, 0) is 10.0 Å². The van der Waals surface area contributed by atoms with Crippen molar-refractivity contribution < 1.29 is 8.42 Å². The smallest absolute Gasteiger partial charge is 0.213 e. The van der Waals surface area contributed by atoms with Gasteiger partial charge in [-0.2, -0.15) is 0 Å². The lowest BCUT2D eigenvalue weighted by molar-refractivity contribution is 0.568. The highest BCUT2D eigenvalue weighted by molar-refractivity contribution is 14.0. The molecule has 0 saturated heterocycles. The van der Waals surface area contributed by atoms with E-state index in [9.17, 15) is 8.42 Å². The van der Waals surface area contributed by atoms with Crippen molar-refractivity contribution in [2.75, 3.05) is 25.4 Å². The lowest BCUT2D eigenvalue weighted by Crippen LogP contribution is -2.44. The second kappa shape index (κ2) is 8.09. The molecule has 1 rings (SSSR count). The predicted molar refractivity (Wildman–Crippen MR) is 80.4 cm³/mol. The van der Waals surface area contributed by atoms with Crippen LogP contribution < -0.4 is 15.4 Å². The lowest BCUT2D eigenvalue weighted by Gasteiger charge is -2.16. The van der Waals surface area contributed by atoms with Crippen LogP contribution in [0.1, 0.15) is 20.3 Å². The van der Waals surface area contributed by atoms with Crippen LogP contribution in [0.4, 0.5) is 0 Å². The van der Waals surface area contributed by atoms with Gasteiger partial charge in [-0.05, 0) is 20.3 Å². The van der Waals surface area contributed by atoms with Crippen molar-refractivity contribution in [1.82, 2.24) is 15.4 Å². The molecule has 3 N–H and O–H groups in total. The first-order chi connectivity index (χ1) is 7.49. The van der Waals surface area contributed by atoms with Crippen molar-refractivity contribution in [3.05, 3.63) is 0 Å². The third kappa shape index (κ3) is 7.77. The number of guanidine groups is 1. The summed E-state index contributed by atoms with van der Waals surface area (Å²) in [6.07, 6.45) is 1.03. The first kappa shape index (κ1) is 16.9. The van der Waals surface area contributed by atoms with Crippen LogP contribution in [0.5, 0.6) is 0 Å². The number of nitrogens with zero attached hydrogens (tertiary/aromatic N) is 1. The SMILES string of the molecule is CC(C)NS(=O)(=O)CCNC1=NCCCN1.I. The van der Waals surface area contributed by atoms with E-state index in [-0.39, 0.29) is 35.8 Å². The molecule has 0 radical (unpaired) electrons. The van der Waals surface area contributed by atoms with Gasteiger partial charge < -0.3 is 10.6 Å². The van der Waals surface area contributed by atoms with Crippen molar-refractivity contribution in [3.63, 3.8) is 0 Å². The monoisotopic (exact) mass is 376 g/mol. The zero-order chi connectivity index (χ0) is 12.0. The van der Waals surface area contributed by atoms with E-state index in [1.54, 1.807) is 13.8 Å². The molecular formula is C9H21IN4O2S. The summed E-state index contributed by atoms with van der Waals surface area (Å²) in [6, 6.07) is -0.0600. The Balaban J connectivity index is 0.00000256. The van der Waals surface area contributed by atoms with Gasteiger partial charge in [-0.25, -0.2) is 13.1 Å². The highest BCUT2D eigenvalue weighted by Gasteiger charge is 2.12. The zero-order valence-electron chi connectivity index (χ0n) is 10.2. The predicted octanol–water partition coefficient (Wildman–Crippen LogP) is -0.129. The number of sulfonamides is 1. The molecule has 0 bridgehead atoms. The Labute approximate surface area is 120 Å². The first-order valence-electron chi connectivity index (χ1n) is 5.52. The molecule has 0 aromatic rings. The molecule has 0 aromatic carbocycles. The molecule has 0 amide bonds. The molecule has 6 nitrogen and oxygen atoms in total. The normalized spacial score (nSPS) is 15.8. The zero-order valence-corrected chi connectivity index (χ0v) is 13.3. The minimum Gasteiger partial charge on any atom is -0.356 e. The van der Waals surface area contributed by atoms with Crippen molar-refractivity contribution in [2.45, 2.75) is 26.3 Å². The largest absolute Gasteiger partial charge is 0.356 e. The molecule has 17 heavy (non-hydrogen) atoms. The van der Waals surface area contributed by atoms with E-state index in [1.165, 1.54) is 0 Å². The van der Waals surface area contributed by atoms with Crippen LogP contribution in [0.3, 0.4) is 0 Å².